The van der Waals surface area contributed by atoms with E-state index in [1.54, 1.807) is 41.5 Å². The summed E-state index contributed by atoms with van der Waals surface area (Å²) in [7, 11) is 0. The Bertz CT molecular complexity index is 387. The topological polar surface area (TPSA) is 95.5 Å². The number of hydrogen-bond donors (Lipinski definition) is 3. The number of amides is 2. The van der Waals surface area contributed by atoms with Crippen LogP contribution in [0.3, 0.4) is 0 Å². The molecule has 20 heavy (non-hydrogen) atoms. The lowest BCUT2D eigenvalue weighted by molar-refractivity contribution is -0.148. The Labute approximate surface area is 120 Å². The molecule has 2 unspecified atom stereocenters. The van der Waals surface area contributed by atoms with Gasteiger partial charge in [0.1, 0.15) is 6.04 Å². The van der Waals surface area contributed by atoms with Crippen molar-refractivity contribution in [1.29, 1.82) is 0 Å². The molecular weight excluding hydrogens is 260 g/mol. The summed E-state index contributed by atoms with van der Waals surface area (Å²) in [5.41, 5.74) is -1.57. The maximum Gasteiger partial charge on any atom is 0.311 e. The summed E-state index contributed by atoms with van der Waals surface area (Å²) in [6.07, 6.45) is 0.408. The first-order chi connectivity index (χ1) is 8.94. The first kappa shape index (κ1) is 18.4. The van der Waals surface area contributed by atoms with E-state index in [9.17, 15) is 14.4 Å². The van der Waals surface area contributed by atoms with Gasteiger partial charge in [-0.2, -0.15) is 0 Å². The predicted octanol–water partition coefficient (Wildman–Crippen LogP) is 1.15. The zero-order chi connectivity index (χ0) is 16.1. The molecular formula is C14H26N2O4. The number of carbonyl (C=O) groups excluding carboxylic acids is 2. The van der Waals surface area contributed by atoms with Gasteiger partial charge in [-0.3, -0.25) is 14.4 Å². The van der Waals surface area contributed by atoms with Crippen LogP contribution in [-0.2, 0) is 14.4 Å². The highest BCUT2D eigenvalue weighted by atomic mass is 16.4. The molecule has 0 rings (SSSR count). The van der Waals surface area contributed by atoms with Crippen LogP contribution in [0.2, 0.25) is 0 Å². The summed E-state index contributed by atoms with van der Waals surface area (Å²) >= 11 is 0. The van der Waals surface area contributed by atoms with Gasteiger partial charge in [-0.25, -0.2) is 0 Å². The zero-order valence-electron chi connectivity index (χ0n) is 13.2. The highest BCUT2D eigenvalue weighted by Crippen LogP contribution is 2.20. The molecule has 0 heterocycles. The molecule has 2 atom stereocenters. The lowest BCUT2D eigenvalue weighted by Crippen LogP contribution is -2.50. The van der Waals surface area contributed by atoms with Crippen molar-refractivity contribution in [2.75, 3.05) is 6.54 Å². The SMILES string of the molecule is CCC(C)(CNC(=O)C(C)NC(=O)C(C)(C)C)C(=O)O. The van der Waals surface area contributed by atoms with Crippen LogP contribution in [0, 0.1) is 10.8 Å². The Hall–Kier alpha value is -1.59. The maximum atomic E-state index is 11.9. The monoisotopic (exact) mass is 286 g/mol. The van der Waals surface area contributed by atoms with Crippen LogP contribution < -0.4 is 10.6 Å². The van der Waals surface area contributed by atoms with Gasteiger partial charge < -0.3 is 15.7 Å². The predicted molar refractivity (Wildman–Crippen MR) is 76.1 cm³/mol. The molecule has 3 N–H and O–H groups in total. The van der Waals surface area contributed by atoms with E-state index in [1.165, 1.54) is 0 Å². The number of aliphatic carboxylic acids is 1. The minimum Gasteiger partial charge on any atom is -0.481 e. The Morgan fingerprint density at radius 1 is 1.15 bits per heavy atom. The molecule has 116 valence electrons. The number of nitrogens with one attached hydrogen (secondary N) is 2. The molecule has 0 saturated heterocycles. The Morgan fingerprint density at radius 3 is 2.00 bits per heavy atom. The van der Waals surface area contributed by atoms with Crippen molar-refractivity contribution in [1.82, 2.24) is 10.6 Å². The van der Waals surface area contributed by atoms with Crippen molar-refractivity contribution < 1.29 is 19.5 Å². The highest BCUT2D eigenvalue weighted by molar-refractivity contribution is 5.89. The van der Waals surface area contributed by atoms with Gasteiger partial charge in [0.05, 0.1) is 5.41 Å². The van der Waals surface area contributed by atoms with Crippen molar-refractivity contribution in [2.45, 2.75) is 54.0 Å². The fourth-order valence-corrected chi connectivity index (χ4v) is 1.27. The number of carboxylic acid groups (broad SMARTS) is 1. The molecule has 6 nitrogen and oxygen atoms in total. The highest BCUT2D eigenvalue weighted by Gasteiger charge is 2.32. The molecule has 0 bridgehead atoms. The molecule has 0 aromatic carbocycles. The van der Waals surface area contributed by atoms with Gasteiger partial charge in [-0.1, -0.05) is 27.7 Å². The van der Waals surface area contributed by atoms with E-state index in [1.807, 2.05) is 0 Å². The summed E-state index contributed by atoms with van der Waals surface area (Å²) in [5, 5.41) is 14.3. The van der Waals surface area contributed by atoms with Crippen LogP contribution in [0.25, 0.3) is 0 Å². The molecule has 0 aliphatic heterocycles. The molecule has 0 spiro atoms. The molecule has 0 aliphatic rings. The van der Waals surface area contributed by atoms with E-state index in [4.69, 9.17) is 5.11 Å². The molecule has 0 aromatic rings. The molecule has 0 aliphatic carbocycles. The van der Waals surface area contributed by atoms with Crippen molar-refractivity contribution in [3.63, 3.8) is 0 Å². The third kappa shape index (κ3) is 5.19. The van der Waals surface area contributed by atoms with Crippen LogP contribution in [0.5, 0.6) is 0 Å². The van der Waals surface area contributed by atoms with Crippen molar-refractivity contribution in [3.8, 4) is 0 Å². The van der Waals surface area contributed by atoms with Gasteiger partial charge in [-0.15, -0.1) is 0 Å². The number of hydrogen-bond acceptors (Lipinski definition) is 3. The smallest absolute Gasteiger partial charge is 0.311 e. The van der Waals surface area contributed by atoms with E-state index in [-0.39, 0.29) is 18.4 Å². The van der Waals surface area contributed by atoms with Crippen molar-refractivity contribution in [2.24, 2.45) is 10.8 Å². The van der Waals surface area contributed by atoms with Crippen LogP contribution >= 0.6 is 0 Å². The molecule has 2 amide bonds. The fourth-order valence-electron chi connectivity index (χ4n) is 1.27. The van der Waals surface area contributed by atoms with Crippen molar-refractivity contribution in [3.05, 3.63) is 0 Å². The van der Waals surface area contributed by atoms with Gasteiger partial charge in [-0.05, 0) is 20.3 Å². The van der Waals surface area contributed by atoms with Crippen LogP contribution in [0.4, 0.5) is 0 Å². The minimum atomic E-state index is -0.997. The Balaban J connectivity index is 4.49. The molecule has 0 aromatic heterocycles. The summed E-state index contributed by atoms with van der Waals surface area (Å²) in [4.78, 5) is 34.8. The largest absolute Gasteiger partial charge is 0.481 e. The zero-order valence-corrected chi connectivity index (χ0v) is 13.2. The standard InChI is InChI=1S/C14H26N2O4/c1-7-14(6,12(19)20)8-15-10(17)9(2)16-11(18)13(3,4)5/h9H,7-8H2,1-6H3,(H,15,17)(H,16,18)(H,19,20). The number of carbonyl (C=O) groups is 3. The molecule has 0 saturated carbocycles. The van der Waals surface area contributed by atoms with Crippen LogP contribution in [0.15, 0.2) is 0 Å². The molecule has 0 radical (unpaired) electrons. The van der Waals surface area contributed by atoms with Crippen molar-refractivity contribution >= 4 is 17.8 Å². The van der Waals surface area contributed by atoms with Gasteiger partial charge in [0.15, 0.2) is 0 Å². The Kier molecular flexibility index (Phi) is 6.19. The average Bonchev–Trinajstić information content (AvgIpc) is 2.33. The van der Waals surface area contributed by atoms with E-state index in [2.05, 4.69) is 10.6 Å². The summed E-state index contributed by atoms with van der Waals surface area (Å²) in [5.74, 6) is -1.56. The first-order valence-electron chi connectivity index (χ1n) is 6.76. The average molecular weight is 286 g/mol. The summed E-state index contributed by atoms with van der Waals surface area (Å²) in [6, 6.07) is -0.698. The van der Waals surface area contributed by atoms with E-state index in [0.717, 1.165) is 0 Å². The van der Waals surface area contributed by atoms with Crippen LogP contribution in [0.1, 0.15) is 48.0 Å². The van der Waals surface area contributed by atoms with Gasteiger partial charge in [0.25, 0.3) is 0 Å². The normalized spacial score (nSPS) is 15.9. The van der Waals surface area contributed by atoms with E-state index in [0.29, 0.717) is 6.42 Å². The maximum absolute atomic E-state index is 11.9. The number of carboxylic acids is 1. The quantitative estimate of drug-likeness (QED) is 0.682. The first-order valence-corrected chi connectivity index (χ1v) is 6.76. The van der Waals surface area contributed by atoms with Crippen LogP contribution in [-0.4, -0.2) is 35.5 Å². The number of rotatable bonds is 6. The second kappa shape index (κ2) is 6.72. The van der Waals surface area contributed by atoms with Gasteiger partial charge in [0, 0.05) is 12.0 Å². The summed E-state index contributed by atoms with van der Waals surface area (Å²) in [6.45, 7) is 10.2. The van der Waals surface area contributed by atoms with Gasteiger partial charge >= 0.3 is 5.97 Å². The van der Waals surface area contributed by atoms with Gasteiger partial charge in [0.2, 0.25) is 11.8 Å². The third-order valence-corrected chi connectivity index (χ3v) is 3.37. The summed E-state index contributed by atoms with van der Waals surface area (Å²) < 4.78 is 0. The third-order valence-electron chi connectivity index (χ3n) is 3.37. The second-order valence-corrected chi connectivity index (χ2v) is 6.38. The minimum absolute atomic E-state index is 0.0351. The molecule has 0 fully saturated rings. The van der Waals surface area contributed by atoms with E-state index < -0.39 is 22.8 Å². The molecule has 6 heteroatoms. The lowest BCUT2D eigenvalue weighted by Gasteiger charge is -2.25. The Morgan fingerprint density at radius 2 is 1.65 bits per heavy atom. The lowest BCUT2D eigenvalue weighted by atomic mass is 9.87. The van der Waals surface area contributed by atoms with E-state index >= 15 is 0 Å². The second-order valence-electron chi connectivity index (χ2n) is 6.38. The fraction of sp³-hybridized carbons (Fsp3) is 0.786.